The third-order valence-corrected chi connectivity index (χ3v) is 4.15. The quantitative estimate of drug-likeness (QED) is 0.700. The van der Waals surface area contributed by atoms with Crippen LogP contribution in [-0.2, 0) is 0 Å². The molecular weight excluding hydrogens is 366 g/mol. The first-order chi connectivity index (χ1) is 14.0. The van der Waals surface area contributed by atoms with Gasteiger partial charge in [0.2, 0.25) is 0 Å². The summed E-state index contributed by atoms with van der Waals surface area (Å²) < 4.78 is 0. The van der Waals surface area contributed by atoms with Crippen molar-refractivity contribution in [1.29, 1.82) is 5.26 Å². The zero-order valence-corrected chi connectivity index (χ0v) is 16.0. The number of amides is 2. The molecule has 0 radical (unpaired) electrons. The second-order valence-corrected chi connectivity index (χ2v) is 6.42. The van der Waals surface area contributed by atoms with Crippen molar-refractivity contribution in [3.05, 3.63) is 83.7 Å². The molecule has 0 aliphatic carbocycles. The molecule has 29 heavy (non-hydrogen) atoms. The number of nitriles is 1. The normalized spacial score (nSPS) is 9.97. The fraction of sp³-hybridized carbons (Fsp3) is 0.0909. The fourth-order valence-corrected chi connectivity index (χ4v) is 2.60. The summed E-state index contributed by atoms with van der Waals surface area (Å²) in [7, 11) is 3.87. The Bertz CT molecular complexity index is 1080. The third kappa shape index (κ3) is 4.76. The number of hydrogen-bond donors (Lipinski definition) is 2. The topological polar surface area (TPSA) is 98.1 Å². The van der Waals surface area contributed by atoms with Gasteiger partial charge < -0.3 is 15.5 Å². The molecule has 0 bridgehead atoms. The Labute approximate surface area is 168 Å². The van der Waals surface area contributed by atoms with E-state index in [2.05, 4.69) is 15.6 Å². The average molecular weight is 385 g/mol. The van der Waals surface area contributed by atoms with E-state index in [0.29, 0.717) is 16.9 Å². The van der Waals surface area contributed by atoms with Crippen LogP contribution in [0.5, 0.6) is 0 Å². The maximum Gasteiger partial charge on any atom is 0.274 e. The molecule has 0 saturated carbocycles. The van der Waals surface area contributed by atoms with E-state index in [1.165, 1.54) is 12.1 Å². The molecule has 3 aromatic rings. The number of nitrogens with one attached hydrogen (secondary N) is 2. The first-order valence-corrected chi connectivity index (χ1v) is 8.84. The standard InChI is InChI=1S/C22H19N5O2/c1-27(2)17-12-10-16(11-13-17)24-21(28)19-8-5-9-20(25-19)22(29)26-18-7-4-3-6-15(18)14-23/h3-13H,1-2H3,(H,24,28)(H,26,29). The van der Waals surface area contributed by atoms with Gasteiger partial charge in [0.1, 0.15) is 17.5 Å². The first-order valence-electron chi connectivity index (χ1n) is 8.84. The first kappa shape index (κ1) is 19.6. The molecule has 1 heterocycles. The van der Waals surface area contributed by atoms with Crippen LogP contribution in [0.1, 0.15) is 26.5 Å². The van der Waals surface area contributed by atoms with E-state index in [1.807, 2.05) is 37.2 Å². The molecule has 144 valence electrons. The molecule has 7 heteroatoms. The van der Waals surface area contributed by atoms with E-state index in [1.54, 1.807) is 42.5 Å². The van der Waals surface area contributed by atoms with Gasteiger partial charge in [-0.1, -0.05) is 18.2 Å². The molecular formula is C22H19N5O2. The minimum Gasteiger partial charge on any atom is -0.378 e. The number of rotatable bonds is 5. The number of carbonyl (C=O) groups excluding carboxylic acids is 2. The Kier molecular flexibility index (Phi) is 5.85. The maximum absolute atomic E-state index is 12.5. The zero-order valence-electron chi connectivity index (χ0n) is 16.0. The van der Waals surface area contributed by atoms with Gasteiger partial charge in [-0.25, -0.2) is 4.98 Å². The molecule has 0 saturated heterocycles. The lowest BCUT2D eigenvalue weighted by molar-refractivity contribution is 0.101. The Hall–Kier alpha value is -4.18. The Morgan fingerprint density at radius 3 is 2.10 bits per heavy atom. The molecule has 0 aliphatic heterocycles. The molecule has 0 spiro atoms. The van der Waals surface area contributed by atoms with Gasteiger partial charge in [-0.05, 0) is 48.5 Å². The fourth-order valence-electron chi connectivity index (χ4n) is 2.60. The lowest BCUT2D eigenvalue weighted by Crippen LogP contribution is -2.19. The number of benzene rings is 2. The van der Waals surface area contributed by atoms with E-state index in [-0.39, 0.29) is 11.4 Å². The van der Waals surface area contributed by atoms with Crippen LogP contribution in [0.2, 0.25) is 0 Å². The van der Waals surface area contributed by atoms with Gasteiger partial charge >= 0.3 is 0 Å². The number of anilines is 3. The van der Waals surface area contributed by atoms with Crippen LogP contribution in [0.3, 0.4) is 0 Å². The van der Waals surface area contributed by atoms with Gasteiger partial charge in [-0.15, -0.1) is 0 Å². The molecule has 2 aromatic carbocycles. The van der Waals surface area contributed by atoms with Crippen LogP contribution < -0.4 is 15.5 Å². The predicted molar refractivity (Wildman–Crippen MR) is 112 cm³/mol. The highest BCUT2D eigenvalue weighted by atomic mass is 16.2. The lowest BCUT2D eigenvalue weighted by atomic mass is 10.2. The van der Waals surface area contributed by atoms with Crippen molar-refractivity contribution >= 4 is 28.9 Å². The highest BCUT2D eigenvalue weighted by Gasteiger charge is 2.14. The number of para-hydroxylation sites is 1. The molecule has 7 nitrogen and oxygen atoms in total. The van der Waals surface area contributed by atoms with Crippen LogP contribution in [0.15, 0.2) is 66.7 Å². The minimum atomic E-state index is -0.502. The van der Waals surface area contributed by atoms with E-state index in [9.17, 15) is 9.59 Å². The van der Waals surface area contributed by atoms with E-state index in [4.69, 9.17) is 5.26 Å². The third-order valence-electron chi connectivity index (χ3n) is 4.15. The predicted octanol–water partition coefficient (Wildman–Crippen LogP) is 3.52. The van der Waals surface area contributed by atoms with Crippen molar-refractivity contribution in [1.82, 2.24) is 4.98 Å². The number of pyridine rings is 1. The van der Waals surface area contributed by atoms with Gasteiger partial charge in [0, 0.05) is 25.5 Å². The summed E-state index contributed by atoms with van der Waals surface area (Å²) in [6, 6.07) is 20.7. The highest BCUT2D eigenvalue weighted by molar-refractivity contribution is 6.06. The summed E-state index contributed by atoms with van der Waals surface area (Å²) in [5.74, 6) is -0.924. The summed E-state index contributed by atoms with van der Waals surface area (Å²) in [6.45, 7) is 0. The zero-order chi connectivity index (χ0) is 20.8. The second kappa shape index (κ2) is 8.67. The molecule has 0 aliphatic rings. The lowest BCUT2D eigenvalue weighted by Gasteiger charge is -2.13. The summed E-state index contributed by atoms with van der Waals surface area (Å²) in [6.07, 6.45) is 0. The van der Waals surface area contributed by atoms with Crippen molar-refractivity contribution in [2.24, 2.45) is 0 Å². The van der Waals surface area contributed by atoms with Crippen LogP contribution in [0.4, 0.5) is 17.1 Å². The van der Waals surface area contributed by atoms with Crippen molar-refractivity contribution in [3.63, 3.8) is 0 Å². The van der Waals surface area contributed by atoms with Gasteiger partial charge in [0.15, 0.2) is 0 Å². The van der Waals surface area contributed by atoms with Gasteiger partial charge in [0.25, 0.3) is 11.8 Å². The monoisotopic (exact) mass is 385 g/mol. The number of hydrogen-bond acceptors (Lipinski definition) is 5. The number of aromatic nitrogens is 1. The van der Waals surface area contributed by atoms with Gasteiger partial charge in [0.05, 0.1) is 11.3 Å². The van der Waals surface area contributed by atoms with Crippen LogP contribution in [0, 0.1) is 11.3 Å². The number of nitrogens with zero attached hydrogens (tertiary/aromatic N) is 3. The van der Waals surface area contributed by atoms with Gasteiger partial charge in [-0.3, -0.25) is 9.59 Å². The van der Waals surface area contributed by atoms with Crippen LogP contribution in [0.25, 0.3) is 0 Å². The molecule has 2 N–H and O–H groups in total. The Morgan fingerprint density at radius 2 is 1.48 bits per heavy atom. The molecule has 2 amide bonds. The average Bonchev–Trinajstić information content (AvgIpc) is 2.74. The highest BCUT2D eigenvalue weighted by Crippen LogP contribution is 2.17. The molecule has 1 aromatic heterocycles. The van der Waals surface area contributed by atoms with E-state index < -0.39 is 11.8 Å². The van der Waals surface area contributed by atoms with Crippen molar-refractivity contribution in [3.8, 4) is 6.07 Å². The summed E-state index contributed by atoms with van der Waals surface area (Å²) >= 11 is 0. The number of carbonyl (C=O) groups is 2. The van der Waals surface area contributed by atoms with Crippen molar-refractivity contribution in [2.75, 3.05) is 29.6 Å². The SMILES string of the molecule is CN(C)c1ccc(NC(=O)c2cccc(C(=O)Nc3ccccc3C#N)n2)cc1. The second-order valence-electron chi connectivity index (χ2n) is 6.42. The maximum atomic E-state index is 12.5. The minimum absolute atomic E-state index is 0.0772. The largest absolute Gasteiger partial charge is 0.378 e. The van der Waals surface area contributed by atoms with E-state index >= 15 is 0 Å². The molecule has 0 unspecified atom stereocenters. The molecule has 3 rings (SSSR count). The Balaban J connectivity index is 1.73. The van der Waals surface area contributed by atoms with Crippen molar-refractivity contribution in [2.45, 2.75) is 0 Å². The summed E-state index contributed by atoms with van der Waals surface area (Å²) in [5.41, 5.74) is 2.56. The van der Waals surface area contributed by atoms with Crippen molar-refractivity contribution < 1.29 is 9.59 Å². The van der Waals surface area contributed by atoms with Gasteiger partial charge in [-0.2, -0.15) is 5.26 Å². The van der Waals surface area contributed by atoms with Crippen LogP contribution in [-0.4, -0.2) is 30.9 Å². The molecule has 0 atom stereocenters. The van der Waals surface area contributed by atoms with Crippen LogP contribution >= 0.6 is 0 Å². The summed E-state index contributed by atoms with van der Waals surface area (Å²) in [5, 5.41) is 14.5. The Morgan fingerprint density at radius 1 is 0.862 bits per heavy atom. The molecule has 0 fully saturated rings. The van der Waals surface area contributed by atoms with E-state index in [0.717, 1.165) is 5.69 Å². The summed E-state index contributed by atoms with van der Waals surface area (Å²) in [4.78, 5) is 31.1. The smallest absolute Gasteiger partial charge is 0.274 e.